The largest absolute Gasteiger partial charge is 0.357 e. The molecule has 3 rings (SSSR count). The van der Waals surface area contributed by atoms with Gasteiger partial charge in [0.05, 0.1) is 17.4 Å². The number of fused-ring (bicyclic) bond motifs is 1. The summed E-state index contributed by atoms with van der Waals surface area (Å²) in [7, 11) is 2.19. The van der Waals surface area contributed by atoms with Crippen molar-refractivity contribution in [2.45, 2.75) is 20.4 Å². The van der Waals surface area contributed by atoms with E-state index < -0.39 is 0 Å². The van der Waals surface area contributed by atoms with E-state index >= 15 is 0 Å². The fraction of sp³-hybridized carbons (Fsp3) is 0.533. The first-order valence-electron chi connectivity index (χ1n) is 6.98. The predicted octanol–water partition coefficient (Wildman–Crippen LogP) is 1.93. The first-order valence-corrected chi connectivity index (χ1v) is 6.98. The second-order valence-electron chi connectivity index (χ2n) is 5.68. The van der Waals surface area contributed by atoms with Gasteiger partial charge in [-0.15, -0.1) is 0 Å². The maximum atomic E-state index is 4.59. The molecule has 0 unspecified atom stereocenters. The number of piperazine rings is 1. The summed E-state index contributed by atoms with van der Waals surface area (Å²) in [5.41, 5.74) is 4.92. The van der Waals surface area contributed by atoms with Crippen LogP contribution >= 0.6 is 0 Å². The summed E-state index contributed by atoms with van der Waals surface area (Å²) in [4.78, 5) is 12.8. The third-order valence-corrected chi connectivity index (χ3v) is 4.23. The smallest absolute Gasteiger partial charge is 0.0645 e. The van der Waals surface area contributed by atoms with Crippen molar-refractivity contribution in [2.75, 3.05) is 33.2 Å². The topological polar surface area (TPSA) is 35.2 Å². The lowest BCUT2D eigenvalue weighted by Crippen LogP contribution is -2.43. The molecule has 0 saturated carbocycles. The van der Waals surface area contributed by atoms with Gasteiger partial charge in [-0.2, -0.15) is 0 Å². The lowest BCUT2D eigenvalue weighted by Gasteiger charge is -2.32. The van der Waals surface area contributed by atoms with Crippen LogP contribution in [0.1, 0.15) is 17.0 Å². The van der Waals surface area contributed by atoms with E-state index in [4.69, 9.17) is 0 Å². The van der Waals surface area contributed by atoms with Gasteiger partial charge in [-0.1, -0.05) is 0 Å². The zero-order valence-corrected chi connectivity index (χ0v) is 12.0. The van der Waals surface area contributed by atoms with Crippen LogP contribution in [0.5, 0.6) is 0 Å². The van der Waals surface area contributed by atoms with Crippen LogP contribution in [0, 0.1) is 13.8 Å². The summed E-state index contributed by atoms with van der Waals surface area (Å²) in [6.07, 6.45) is 1.97. The molecule has 0 bridgehead atoms. The van der Waals surface area contributed by atoms with Crippen LogP contribution in [0.3, 0.4) is 0 Å². The molecule has 102 valence electrons. The SMILES string of the molecule is Cc1[nH]c2cnc(CN3CCN(C)CC3)cc2c1C. The predicted molar refractivity (Wildman–Crippen MR) is 78.3 cm³/mol. The van der Waals surface area contributed by atoms with Crippen LogP contribution in [0.15, 0.2) is 12.3 Å². The molecule has 0 aliphatic carbocycles. The average Bonchev–Trinajstić information content (AvgIpc) is 2.69. The molecule has 0 aromatic carbocycles. The van der Waals surface area contributed by atoms with Gasteiger partial charge in [-0.05, 0) is 32.5 Å². The number of hydrogen-bond donors (Lipinski definition) is 1. The number of aromatic amines is 1. The molecule has 1 aliphatic heterocycles. The molecule has 0 radical (unpaired) electrons. The maximum absolute atomic E-state index is 4.59. The van der Waals surface area contributed by atoms with Crippen molar-refractivity contribution in [1.82, 2.24) is 19.8 Å². The molecular weight excluding hydrogens is 236 g/mol. The minimum absolute atomic E-state index is 0.966. The molecular formula is C15H22N4. The number of nitrogens with zero attached hydrogens (tertiary/aromatic N) is 3. The van der Waals surface area contributed by atoms with Crippen LogP contribution in [0.25, 0.3) is 10.9 Å². The molecule has 0 spiro atoms. The van der Waals surface area contributed by atoms with Gasteiger partial charge in [-0.3, -0.25) is 9.88 Å². The van der Waals surface area contributed by atoms with Gasteiger partial charge in [0, 0.05) is 43.8 Å². The van der Waals surface area contributed by atoms with Crippen LogP contribution < -0.4 is 0 Å². The third kappa shape index (κ3) is 2.51. The van der Waals surface area contributed by atoms with Gasteiger partial charge in [0.25, 0.3) is 0 Å². The number of hydrogen-bond acceptors (Lipinski definition) is 3. The third-order valence-electron chi connectivity index (χ3n) is 4.23. The van der Waals surface area contributed by atoms with Gasteiger partial charge in [0.2, 0.25) is 0 Å². The first kappa shape index (κ1) is 12.6. The van der Waals surface area contributed by atoms with Gasteiger partial charge in [0.1, 0.15) is 0 Å². The highest BCUT2D eigenvalue weighted by Crippen LogP contribution is 2.21. The molecule has 4 heteroatoms. The quantitative estimate of drug-likeness (QED) is 0.894. The minimum Gasteiger partial charge on any atom is -0.357 e. The van der Waals surface area contributed by atoms with Crippen molar-refractivity contribution in [3.8, 4) is 0 Å². The fourth-order valence-electron chi connectivity index (χ4n) is 2.73. The van der Waals surface area contributed by atoms with Crippen molar-refractivity contribution in [3.05, 3.63) is 29.2 Å². The lowest BCUT2D eigenvalue weighted by atomic mass is 10.1. The molecule has 1 aliphatic rings. The minimum atomic E-state index is 0.966. The normalized spacial score (nSPS) is 18.3. The lowest BCUT2D eigenvalue weighted by molar-refractivity contribution is 0.147. The summed E-state index contributed by atoms with van der Waals surface area (Å²) < 4.78 is 0. The molecule has 3 heterocycles. The summed E-state index contributed by atoms with van der Waals surface area (Å²) in [6, 6.07) is 2.24. The van der Waals surface area contributed by atoms with Gasteiger partial charge >= 0.3 is 0 Å². The molecule has 0 atom stereocenters. The zero-order valence-electron chi connectivity index (χ0n) is 12.0. The highest BCUT2D eigenvalue weighted by atomic mass is 15.2. The van der Waals surface area contributed by atoms with Gasteiger partial charge in [0.15, 0.2) is 0 Å². The number of aromatic nitrogens is 2. The van der Waals surface area contributed by atoms with E-state index in [1.54, 1.807) is 0 Å². The molecule has 19 heavy (non-hydrogen) atoms. The highest BCUT2D eigenvalue weighted by Gasteiger charge is 2.15. The Balaban J connectivity index is 1.79. The Bertz CT molecular complexity index is 579. The summed E-state index contributed by atoms with van der Waals surface area (Å²) >= 11 is 0. The highest BCUT2D eigenvalue weighted by molar-refractivity contribution is 5.83. The van der Waals surface area contributed by atoms with Crippen molar-refractivity contribution in [1.29, 1.82) is 0 Å². The van der Waals surface area contributed by atoms with Crippen LogP contribution in [0.4, 0.5) is 0 Å². The van der Waals surface area contributed by atoms with Gasteiger partial charge < -0.3 is 9.88 Å². The molecule has 1 N–H and O–H groups in total. The number of H-pyrrole nitrogens is 1. The van der Waals surface area contributed by atoms with Crippen LogP contribution in [-0.2, 0) is 6.54 Å². The Morgan fingerprint density at radius 3 is 2.68 bits per heavy atom. The number of nitrogens with one attached hydrogen (secondary N) is 1. The van der Waals surface area contributed by atoms with Crippen molar-refractivity contribution < 1.29 is 0 Å². The van der Waals surface area contributed by atoms with E-state index in [2.05, 4.69) is 46.7 Å². The van der Waals surface area contributed by atoms with Gasteiger partial charge in [-0.25, -0.2) is 0 Å². The number of pyridine rings is 1. The van der Waals surface area contributed by atoms with E-state index in [1.807, 2.05) is 6.20 Å². The Labute approximate surface area is 114 Å². The van der Waals surface area contributed by atoms with E-state index in [0.717, 1.165) is 38.2 Å². The van der Waals surface area contributed by atoms with E-state index in [1.165, 1.54) is 22.3 Å². The Kier molecular flexibility index (Phi) is 3.29. The monoisotopic (exact) mass is 258 g/mol. The van der Waals surface area contributed by atoms with E-state index in [9.17, 15) is 0 Å². The first-order chi connectivity index (χ1) is 9.13. The van der Waals surface area contributed by atoms with Crippen molar-refractivity contribution in [2.24, 2.45) is 0 Å². The van der Waals surface area contributed by atoms with Crippen molar-refractivity contribution in [3.63, 3.8) is 0 Å². The van der Waals surface area contributed by atoms with E-state index in [0.29, 0.717) is 0 Å². The molecule has 2 aromatic rings. The fourth-order valence-corrected chi connectivity index (χ4v) is 2.73. The summed E-state index contributed by atoms with van der Waals surface area (Å²) in [5, 5.41) is 1.32. The number of aryl methyl sites for hydroxylation is 2. The standard InChI is InChI=1S/C15H22N4/c1-11-12(2)17-15-9-16-13(8-14(11)15)10-19-6-4-18(3)5-7-19/h8-9,17H,4-7,10H2,1-3H3. The molecule has 0 amide bonds. The summed E-state index contributed by atoms with van der Waals surface area (Å²) in [6.45, 7) is 9.86. The molecule has 1 saturated heterocycles. The van der Waals surface area contributed by atoms with E-state index in [-0.39, 0.29) is 0 Å². The second kappa shape index (κ2) is 4.94. The number of likely N-dealkylation sites (N-methyl/N-ethyl adjacent to an activating group) is 1. The molecule has 4 nitrogen and oxygen atoms in total. The number of rotatable bonds is 2. The molecule has 1 fully saturated rings. The molecule has 2 aromatic heterocycles. The Morgan fingerprint density at radius 2 is 1.95 bits per heavy atom. The Hall–Kier alpha value is -1.39. The van der Waals surface area contributed by atoms with Crippen LogP contribution in [0.2, 0.25) is 0 Å². The average molecular weight is 258 g/mol. The summed E-state index contributed by atoms with van der Waals surface area (Å²) in [5.74, 6) is 0. The van der Waals surface area contributed by atoms with Crippen molar-refractivity contribution >= 4 is 10.9 Å². The van der Waals surface area contributed by atoms with Crippen LogP contribution in [-0.4, -0.2) is 53.0 Å². The maximum Gasteiger partial charge on any atom is 0.0645 e. The zero-order chi connectivity index (χ0) is 13.4. The second-order valence-corrected chi connectivity index (χ2v) is 5.68. The Morgan fingerprint density at radius 1 is 1.21 bits per heavy atom.